The Labute approximate surface area is 158 Å². The molecule has 1 aromatic heterocycles. The van der Waals surface area contributed by atoms with Gasteiger partial charge in [0.1, 0.15) is 0 Å². The van der Waals surface area contributed by atoms with Crippen LogP contribution in [0.15, 0.2) is 52.8 Å². The second-order valence-electron chi connectivity index (χ2n) is 6.38. The van der Waals surface area contributed by atoms with Gasteiger partial charge in [0.25, 0.3) is 0 Å². The number of nitrogens with zero attached hydrogens (tertiary/aromatic N) is 3. The van der Waals surface area contributed by atoms with Crippen molar-refractivity contribution in [2.45, 2.75) is 19.5 Å². The average molecular weight is 368 g/mol. The van der Waals surface area contributed by atoms with Gasteiger partial charge >= 0.3 is 0 Å². The van der Waals surface area contributed by atoms with Crippen molar-refractivity contribution in [2.24, 2.45) is 4.99 Å². The fourth-order valence-electron chi connectivity index (χ4n) is 2.86. The van der Waals surface area contributed by atoms with Crippen molar-refractivity contribution in [1.82, 2.24) is 15.6 Å². The highest BCUT2D eigenvalue weighted by molar-refractivity contribution is 7.13. The van der Waals surface area contributed by atoms with Crippen molar-refractivity contribution < 1.29 is 0 Å². The maximum atomic E-state index is 4.59. The third kappa shape index (κ3) is 4.14. The molecule has 26 heavy (non-hydrogen) atoms. The third-order valence-corrected chi connectivity index (χ3v) is 5.28. The fourth-order valence-corrected chi connectivity index (χ4v) is 3.62. The summed E-state index contributed by atoms with van der Waals surface area (Å²) in [5.74, 6) is 0.768. The summed E-state index contributed by atoms with van der Waals surface area (Å²) >= 11 is 1.64. The number of rotatable bonds is 5. The van der Waals surface area contributed by atoms with Crippen LogP contribution in [0.3, 0.4) is 0 Å². The lowest BCUT2D eigenvalue weighted by Crippen LogP contribution is -2.38. The van der Waals surface area contributed by atoms with E-state index in [1.165, 1.54) is 16.3 Å². The van der Waals surface area contributed by atoms with Gasteiger partial charge < -0.3 is 15.5 Å². The van der Waals surface area contributed by atoms with Gasteiger partial charge in [0.15, 0.2) is 11.1 Å². The molecule has 0 saturated heterocycles. The maximum absolute atomic E-state index is 4.59. The largest absolute Gasteiger partial charge is 0.354 e. The van der Waals surface area contributed by atoms with Gasteiger partial charge in [-0.2, -0.15) is 0 Å². The predicted molar refractivity (Wildman–Crippen MR) is 112 cm³/mol. The lowest BCUT2D eigenvalue weighted by molar-refractivity contribution is 0.688. The molecule has 6 heteroatoms. The molecule has 2 N–H and O–H groups in total. The fraction of sp³-hybridized carbons (Fsp3) is 0.300. The molecule has 0 radical (unpaired) electrons. The van der Waals surface area contributed by atoms with Crippen LogP contribution in [0.2, 0.25) is 0 Å². The number of hydrogen-bond donors (Lipinski definition) is 2. The average Bonchev–Trinajstić information content (AvgIpc) is 3.14. The summed E-state index contributed by atoms with van der Waals surface area (Å²) in [5, 5.41) is 12.4. The van der Waals surface area contributed by atoms with Crippen LogP contribution in [0.4, 0.5) is 5.13 Å². The van der Waals surface area contributed by atoms with Crippen molar-refractivity contribution >= 4 is 33.2 Å². The Morgan fingerprint density at radius 1 is 1.19 bits per heavy atom. The highest BCUT2D eigenvalue weighted by Crippen LogP contribution is 2.24. The summed E-state index contributed by atoms with van der Waals surface area (Å²) in [6.07, 6.45) is 0. The number of nitrogens with one attached hydrogen (secondary N) is 2. The van der Waals surface area contributed by atoms with Crippen molar-refractivity contribution in [2.75, 3.05) is 26.0 Å². The topological polar surface area (TPSA) is 52.6 Å². The number of aliphatic imine (C=N–C) groups is 1. The summed E-state index contributed by atoms with van der Waals surface area (Å²) < 4.78 is 0. The Balaban J connectivity index is 1.67. The quantitative estimate of drug-likeness (QED) is 0.532. The standard InChI is InChI=1S/C20H25N5S/c1-14(17-11-7-9-15-8-5-6-10-18(15)17)23-19(21-2)22-12-16-13-26-20(24-16)25(3)4/h5-11,13-14H,12H2,1-4H3,(H2,21,22,23). The molecule has 0 saturated carbocycles. The number of benzene rings is 2. The zero-order chi connectivity index (χ0) is 18.5. The van der Waals surface area contributed by atoms with Gasteiger partial charge in [-0.05, 0) is 23.3 Å². The molecule has 0 bridgehead atoms. The number of anilines is 1. The second-order valence-corrected chi connectivity index (χ2v) is 7.21. The number of hydrogen-bond acceptors (Lipinski definition) is 4. The van der Waals surface area contributed by atoms with E-state index in [0.29, 0.717) is 6.54 Å². The molecule has 0 amide bonds. The smallest absolute Gasteiger partial charge is 0.191 e. The van der Waals surface area contributed by atoms with E-state index in [4.69, 9.17) is 0 Å². The first-order chi connectivity index (χ1) is 12.6. The summed E-state index contributed by atoms with van der Waals surface area (Å²) in [4.78, 5) is 11.0. The van der Waals surface area contributed by atoms with E-state index in [2.05, 4.69) is 75.4 Å². The molecule has 0 aliphatic rings. The summed E-state index contributed by atoms with van der Waals surface area (Å²) in [6.45, 7) is 2.80. The van der Waals surface area contributed by atoms with Crippen molar-refractivity contribution in [3.8, 4) is 0 Å². The van der Waals surface area contributed by atoms with E-state index in [-0.39, 0.29) is 6.04 Å². The van der Waals surface area contributed by atoms with Crippen LogP contribution in [0, 0.1) is 0 Å². The minimum Gasteiger partial charge on any atom is -0.354 e. The lowest BCUT2D eigenvalue weighted by atomic mass is 10.00. The van der Waals surface area contributed by atoms with E-state index in [1.54, 1.807) is 18.4 Å². The van der Waals surface area contributed by atoms with Crippen molar-refractivity contribution in [3.63, 3.8) is 0 Å². The van der Waals surface area contributed by atoms with E-state index in [9.17, 15) is 0 Å². The van der Waals surface area contributed by atoms with Gasteiger partial charge in [-0.3, -0.25) is 4.99 Å². The summed E-state index contributed by atoms with van der Waals surface area (Å²) in [5.41, 5.74) is 2.27. The van der Waals surface area contributed by atoms with E-state index < -0.39 is 0 Å². The second kappa shape index (κ2) is 8.19. The Hall–Kier alpha value is -2.60. The first-order valence-electron chi connectivity index (χ1n) is 8.65. The first kappa shape index (κ1) is 18.2. The molecule has 0 aliphatic carbocycles. The molecular formula is C20H25N5S. The van der Waals surface area contributed by atoms with E-state index in [0.717, 1.165) is 16.8 Å². The summed E-state index contributed by atoms with van der Waals surface area (Å²) in [6, 6.07) is 15.0. The van der Waals surface area contributed by atoms with Crippen LogP contribution in [-0.2, 0) is 6.54 Å². The predicted octanol–water partition coefficient (Wildman–Crippen LogP) is 3.79. The van der Waals surface area contributed by atoms with E-state index >= 15 is 0 Å². The molecule has 0 spiro atoms. The SMILES string of the molecule is CN=C(NCc1csc(N(C)C)n1)NC(C)c1cccc2ccccc12. The van der Waals surface area contributed by atoms with Crippen LogP contribution in [-0.4, -0.2) is 32.1 Å². The van der Waals surface area contributed by atoms with Crippen molar-refractivity contribution in [3.05, 3.63) is 59.1 Å². The Morgan fingerprint density at radius 2 is 1.96 bits per heavy atom. The molecule has 1 heterocycles. The Kier molecular flexibility index (Phi) is 5.73. The maximum Gasteiger partial charge on any atom is 0.191 e. The van der Waals surface area contributed by atoms with E-state index in [1.807, 2.05) is 19.0 Å². The van der Waals surface area contributed by atoms with Crippen LogP contribution in [0.1, 0.15) is 24.2 Å². The molecule has 3 rings (SSSR count). The lowest BCUT2D eigenvalue weighted by Gasteiger charge is -2.19. The zero-order valence-corrected chi connectivity index (χ0v) is 16.5. The van der Waals surface area contributed by atoms with Gasteiger partial charge in [-0.15, -0.1) is 11.3 Å². The molecule has 5 nitrogen and oxygen atoms in total. The van der Waals surface area contributed by atoms with Gasteiger partial charge in [0.2, 0.25) is 0 Å². The molecular weight excluding hydrogens is 342 g/mol. The minimum absolute atomic E-state index is 0.139. The molecule has 2 aromatic carbocycles. The van der Waals surface area contributed by atoms with Gasteiger partial charge in [-0.25, -0.2) is 4.98 Å². The molecule has 136 valence electrons. The molecule has 0 aliphatic heterocycles. The molecule has 1 atom stereocenters. The van der Waals surface area contributed by atoms with Crippen LogP contribution >= 0.6 is 11.3 Å². The molecule has 0 fully saturated rings. The number of guanidine groups is 1. The van der Waals surface area contributed by atoms with Crippen molar-refractivity contribution in [1.29, 1.82) is 0 Å². The van der Waals surface area contributed by atoms with Gasteiger partial charge in [-0.1, -0.05) is 42.5 Å². The number of thiazole rings is 1. The zero-order valence-electron chi connectivity index (χ0n) is 15.7. The summed E-state index contributed by atoms with van der Waals surface area (Å²) in [7, 11) is 5.79. The third-order valence-electron chi connectivity index (χ3n) is 4.23. The normalized spacial score (nSPS) is 12.8. The molecule has 3 aromatic rings. The van der Waals surface area contributed by atoms with Gasteiger partial charge in [0, 0.05) is 26.5 Å². The Morgan fingerprint density at radius 3 is 2.69 bits per heavy atom. The van der Waals surface area contributed by atoms with Crippen LogP contribution in [0.25, 0.3) is 10.8 Å². The molecule has 1 unspecified atom stereocenters. The number of fused-ring (bicyclic) bond motifs is 1. The number of aromatic nitrogens is 1. The monoisotopic (exact) mass is 367 g/mol. The minimum atomic E-state index is 0.139. The van der Waals surface area contributed by atoms with Crippen LogP contribution < -0.4 is 15.5 Å². The first-order valence-corrected chi connectivity index (χ1v) is 9.53. The Bertz CT molecular complexity index is 895. The highest BCUT2D eigenvalue weighted by Gasteiger charge is 2.11. The van der Waals surface area contributed by atoms with Crippen LogP contribution in [0.5, 0.6) is 0 Å². The van der Waals surface area contributed by atoms with Gasteiger partial charge in [0.05, 0.1) is 18.3 Å². The highest BCUT2D eigenvalue weighted by atomic mass is 32.1.